The van der Waals surface area contributed by atoms with E-state index in [0.29, 0.717) is 19.0 Å². The molecule has 4 N–H and O–H groups in total. The number of benzene rings is 1. The molecular formula is C24H32N6O. The highest BCUT2D eigenvalue weighted by atomic mass is 16.2. The van der Waals surface area contributed by atoms with Crippen molar-refractivity contribution in [3.05, 3.63) is 53.6 Å². The van der Waals surface area contributed by atoms with Crippen LogP contribution in [0.4, 0.5) is 5.82 Å². The molecule has 0 radical (unpaired) electrons. The molecule has 1 aromatic carbocycles. The second-order valence-corrected chi connectivity index (χ2v) is 8.11. The molecule has 1 aliphatic heterocycles. The zero-order valence-corrected chi connectivity index (χ0v) is 18.3. The molecule has 2 heterocycles. The van der Waals surface area contributed by atoms with Crippen LogP contribution in [0.1, 0.15) is 24.0 Å². The first-order valence-electron chi connectivity index (χ1n) is 11.0. The molecule has 2 aliphatic rings. The van der Waals surface area contributed by atoms with Crippen molar-refractivity contribution in [2.24, 2.45) is 0 Å². The van der Waals surface area contributed by atoms with E-state index in [1.807, 2.05) is 32.3 Å². The van der Waals surface area contributed by atoms with Crippen LogP contribution in [0.25, 0.3) is 17.3 Å². The average Bonchev–Trinajstić information content (AvgIpc) is 3.18. The van der Waals surface area contributed by atoms with Gasteiger partial charge in [-0.2, -0.15) is 0 Å². The lowest BCUT2D eigenvalue weighted by Crippen LogP contribution is -2.47. The summed E-state index contributed by atoms with van der Waals surface area (Å²) in [5.41, 5.74) is 4.63. The monoisotopic (exact) mass is 420 g/mol. The number of aromatic nitrogens is 1. The Hall–Kier alpha value is -2.58. The van der Waals surface area contributed by atoms with Crippen LogP contribution in [-0.4, -0.2) is 61.9 Å². The molecule has 2 atom stereocenters. The molecule has 1 saturated heterocycles. The number of likely N-dealkylation sites (N-methyl/N-ethyl adjacent to an activating group) is 1. The normalized spacial score (nSPS) is 20.6. The van der Waals surface area contributed by atoms with Crippen molar-refractivity contribution in [2.75, 3.05) is 39.2 Å². The van der Waals surface area contributed by atoms with E-state index in [-0.39, 0.29) is 18.1 Å². The van der Waals surface area contributed by atoms with Crippen LogP contribution in [0.15, 0.2) is 42.5 Å². The third-order valence-corrected chi connectivity index (χ3v) is 6.08. The largest absolute Gasteiger partial charge is 0.320 e. The van der Waals surface area contributed by atoms with Gasteiger partial charge in [-0.15, -0.1) is 0 Å². The average molecular weight is 421 g/mol. The number of nitrogens with one attached hydrogen (secondary N) is 4. The van der Waals surface area contributed by atoms with Crippen molar-refractivity contribution in [1.82, 2.24) is 25.8 Å². The topological polar surface area (TPSA) is 81.3 Å². The smallest absolute Gasteiger partial charge is 0.239 e. The van der Waals surface area contributed by atoms with Gasteiger partial charge in [0.1, 0.15) is 5.82 Å². The lowest BCUT2D eigenvalue weighted by atomic mass is 9.91. The third kappa shape index (κ3) is 5.02. The minimum absolute atomic E-state index is 0.0457. The van der Waals surface area contributed by atoms with Crippen LogP contribution in [0.3, 0.4) is 0 Å². The number of allylic oxidation sites excluding steroid dienone is 1. The summed E-state index contributed by atoms with van der Waals surface area (Å²) >= 11 is 0. The molecule has 2 aromatic rings. The number of hydrogen-bond acceptors (Lipinski definition) is 6. The van der Waals surface area contributed by atoms with Gasteiger partial charge in [0.25, 0.3) is 0 Å². The first-order chi connectivity index (χ1) is 15.2. The highest BCUT2D eigenvalue weighted by molar-refractivity contribution is 5.91. The molecule has 7 nitrogen and oxygen atoms in total. The molecule has 0 spiro atoms. The summed E-state index contributed by atoms with van der Waals surface area (Å²) in [7, 11) is 3.90. The zero-order chi connectivity index (χ0) is 21.6. The summed E-state index contributed by atoms with van der Waals surface area (Å²) in [4.78, 5) is 19.7. The fraction of sp³-hybridized carbons (Fsp3) is 0.417. The molecule has 1 aromatic heterocycles. The van der Waals surface area contributed by atoms with Gasteiger partial charge in [-0.25, -0.2) is 4.98 Å². The van der Waals surface area contributed by atoms with Crippen LogP contribution < -0.4 is 21.3 Å². The van der Waals surface area contributed by atoms with Crippen molar-refractivity contribution in [3.63, 3.8) is 0 Å². The van der Waals surface area contributed by atoms with E-state index in [1.165, 1.54) is 11.1 Å². The van der Waals surface area contributed by atoms with Crippen molar-refractivity contribution < 1.29 is 4.79 Å². The molecule has 31 heavy (non-hydrogen) atoms. The standard InChI is InChI=1S/C24H32N6O/c1-25-14-13-21-24(26-2)27-16-30(21)15-23(31)29-22-12-6-11-20(28-22)19-10-5-8-17-7-3-4-9-18(17)19/h3,5-8,10-12,21,24-27H,4,9,13-16H2,1-2H3,(H,28,29,31)/t21?,24-/m0/s1. The summed E-state index contributed by atoms with van der Waals surface area (Å²) < 4.78 is 0. The number of nitrogens with zero attached hydrogens (tertiary/aromatic N) is 2. The van der Waals surface area contributed by atoms with Crippen molar-refractivity contribution >= 4 is 17.8 Å². The summed E-state index contributed by atoms with van der Waals surface area (Å²) in [6.07, 6.45) is 7.60. The number of amides is 1. The fourth-order valence-electron chi connectivity index (χ4n) is 4.53. The molecule has 4 rings (SSSR count). The number of carbonyl (C=O) groups is 1. The van der Waals surface area contributed by atoms with Gasteiger partial charge < -0.3 is 16.0 Å². The Bertz CT molecular complexity index is 943. The molecule has 0 saturated carbocycles. The third-order valence-electron chi connectivity index (χ3n) is 6.08. The van der Waals surface area contributed by atoms with Gasteiger partial charge in [-0.05, 0) is 63.2 Å². The van der Waals surface area contributed by atoms with Crippen LogP contribution in [0, 0.1) is 0 Å². The molecule has 1 fully saturated rings. The lowest BCUT2D eigenvalue weighted by molar-refractivity contribution is -0.117. The molecule has 1 amide bonds. The van der Waals surface area contributed by atoms with Crippen molar-refractivity contribution in [2.45, 2.75) is 31.5 Å². The Morgan fingerprint density at radius 1 is 1.23 bits per heavy atom. The van der Waals surface area contributed by atoms with Gasteiger partial charge >= 0.3 is 0 Å². The number of rotatable bonds is 8. The second kappa shape index (κ2) is 10.2. The Kier molecular flexibility index (Phi) is 7.09. The van der Waals surface area contributed by atoms with Gasteiger partial charge in [0, 0.05) is 11.6 Å². The first-order valence-corrected chi connectivity index (χ1v) is 11.0. The predicted molar refractivity (Wildman–Crippen MR) is 126 cm³/mol. The fourth-order valence-corrected chi connectivity index (χ4v) is 4.53. The van der Waals surface area contributed by atoms with E-state index in [1.54, 1.807) is 0 Å². The highest BCUT2D eigenvalue weighted by Gasteiger charge is 2.33. The van der Waals surface area contributed by atoms with Gasteiger partial charge in [-0.3, -0.25) is 15.0 Å². The second-order valence-electron chi connectivity index (χ2n) is 8.11. The summed E-state index contributed by atoms with van der Waals surface area (Å²) in [5, 5.41) is 12.9. The zero-order valence-electron chi connectivity index (χ0n) is 18.3. The van der Waals surface area contributed by atoms with Crippen LogP contribution in [-0.2, 0) is 11.2 Å². The SMILES string of the molecule is CNCCC1[C@@H](NC)NCN1CC(=O)Nc1cccc(-c2cccc3c2CCC=C3)n1. The van der Waals surface area contributed by atoms with E-state index < -0.39 is 0 Å². The summed E-state index contributed by atoms with van der Waals surface area (Å²) in [6.45, 7) is 1.92. The Morgan fingerprint density at radius 2 is 2.10 bits per heavy atom. The van der Waals surface area contributed by atoms with E-state index in [2.05, 4.69) is 56.5 Å². The number of carbonyl (C=O) groups excluding carboxylic acids is 1. The van der Waals surface area contributed by atoms with E-state index in [0.717, 1.165) is 37.1 Å². The molecule has 164 valence electrons. The maximum Gasteiger partial charge on any atom is 0.239 e. The van der Waals surface area contributed by atoms with E-state index >= 15 is 0 Å². The molecule has 0 bridgehead atoms. The minimum atomic E-state index is -0.0457. The van der Waals surface area contributed by atoms with Crippen LogP contribution in [0.2, 0.25) is 0 Å². The van der Waals surface area contributed by atoms with Crippen molar-refractivity contribution in [3.8, 4) is 11.3 Å². The van der Waals surface area contributed by atoms with Gasteiger partial charge in [0.15, 0.2) is 0 Å². The van der Waals surface area contributed by atoms with Crippen LogP contribution in [0.5, 0.6) is 0 Å². The predicted octanol–water partition coefficient (Wildman–Crippen LogP) is 2.03. The quantitative estimate of drug-likeness (QED) is 0.523. The Balaban J connectivity index is 1.45. The van der Waals surface area contributed by atoms with E-state index in [9.17, 15) is 4.79 Å². The van der Waals surface area contributed by atoms with Gasteiger partial charge in [0.2, 0.25) is 5.91 Å². The maximum absolute atomic E-state index is 12.8. The van der Waals surface area contributed by atoms with Crippen molar-refractivity contribution in [1.29, 1.82) is 0 Å². The Labute approximate surface area is 184 Å². The summed E-state index contributed by atoms with van der Waals surface area (Å²) in [5.74, 6) is 0.547. The number of anilines is 1. The van der Waals surface area contributed by atoms with Gasteiger partial charge in [0.05, 0.1) is 25.1 Å². The minimum Gasteiger partial charge on any atom is -0.320 e. The Morgan fingerprint density at radius 3 is 2.94 bits per heavy atom. The summed E-state index contributed by atoms with van der Waals surface area (Å²) in [6, 6.07) is 12.4. The van der Waals surface area contributed by atoms with E-state index in [4.69, 9.17) is 4.98 Å². The molecular weight excluding hydrogens is 388 g/mol. The highest BCUT2D eigenvalue weighted by Crippen LogP contribution is 2.30. The molecule has 1 aliphatic carbocycles. The number of fused-ring (bicyclic) bond motifs is 1. The molecule has 1 unspecified atom stereocenters. The first kappa shape index (κ1) is 21.6. The molecule has 7 heteroatoms. The van der Waals surface area contributed by atoms with Gasteiger partial charge in [-0.1, -0.05) is 36.4 Å². The number of hydrogen-bond donors (Lipinski definition) is 4. The van der Waals surface area contributed by atoms with Crippen LogP contribution >= 0.6 is 0 Å². The number of pyridine rings is 1. The lowest BCUT2D eigenvalue weighted by Gasteiger charge is -2.26. The maximum atomic E-state index is 12.8.